The van der Waals surface area contributed by atoms with E-state index in [1.165, 1.54) is 6.07 Å². The van der Waals surface area contributed by atoms with E-state index < -0.39 is 29.7 Å². The summed E-state index contributed by atoms with van der Waals surface area (Å²) in [4.78, 5) is 23.5. The summed E-state index contributed by atoms with van der Waals surface area (Å²) in [6.45, 7) is -0.194. The van der Waals surface area contributed by atoms with Crippen molar-refractivity contribution in [2.75, 3.05) is 4.90 Å². The van der Waals surface area contributed by atoms with Crippen LogP contribution in [0.5, 0.6) is 0 Å². The number of hydrogen-bond acceptors (Lipinski definition) is 4. The normalized spacial score (nSPS) is 16.4. The molecule has 148 valence electrons. The third kappa shape index (κ3) is 4.11. The fourth-order valence-corrected chi connectivity index (χ4v) is 3.78. The van der Waals surface area contributed by atoms with Crippen LogP contribution in [-0.2, 0) is 17.8 Å². The van der Waals surface area contributed by atoms with Gasteiger partial charge in [0.05, 0.1) is 10.6 Å². The molecule has 0 aliphatic carbocycles. The number of aryl methyl sites for hydroxylation is 1. The lowest BCUT2D eigenvalue weighted by Gasteiger charge is -2.37. The van der Waals surface area contributed by atoms with Crippen LogP contribution in [0.2, 0.25) is 0 Å². The molecule has 28 heavy (non-hydrogen) atoms. The molecule has 1 unspecified atom stereocenters. The number of ether oxygens (including phenoxy) is 1. The number of carbonyl (C=O) groups excluding carboxylic acids is 1. The van der Waals surface area contributed by atoms with Crippen LogP contribution < -0.4 is 4.90 Å². The van der Waals surface area contributed by atoms with Crippen molar-refractivity contribution in [3.8, 4) is 0 Å². The highest BCUT2D eigenvalue weighted by molar-refractivity contribution is 9.10. The zero-order chi connectivity index (χ0) is 20.5. The van der Waals surface area contributed by atoms with Gasteiger partial charge in [-0.3, -0.25) is 15.0 Å². The van der Waals surface area contributed by atoms with Gasteiger partial charge in [-0.2, -0.15) is 13.2 Å². The fraction of sp³-hybridized carbons (Fsp3) is 0.278. The molecule has 1 aliphatic rings. The number of anilines is 1. The highest BCUT2D eigenvalue weighted by Crippen LogP contribution is 2.44. The Labute approximate surface area is 166 Å². The molecule has 0 radical (unpaired) electrons. The summed E-state index contributed by atoms with van der Waals surface area (Å²) in [5, 5.41) is 11.0. The van der Waals surface area contributed by atoms with Crippen molar-refractivity contribution in [2.45, 2.75) is 31.7 Å². The first-order valence-corrected chi connectivity index (χ1v) is 9.01. The summed E-state index contributed by atoms with van der Waals surface area (Å²) in [7, 11) is 0. The van der Waals surface area contributed by atoms with Crippen molar-refractivity contribution in [3.63, 3.8) is 0 Å². The van der Waals surface area contributed by atoms with Crippen molar-refractivity contribution < 1.29 is 27.6 Å². The molecule has 0 saturated heterocycles. The molecule has 2 aromatic rings. The molecule has 0 aromatic heterocycles. The number of hydrogen-bond donors (Lipinski definition) is 0. The molecular weight excluding hydrogens is 445 g/mol. The summed E-state index contributed by atoms with van der Waals surface area (Å²) in [5.74, 6) is 0. The van der Waals surface area contributed by atoms with Gasteiger partial charge in [-0.05, 0) is 39.9 Å². The minimum Gasteiger partial charge on any atom is -0.444 e. The summed E-state index contributed by atoms with van der Waals surface area (Å²) < 4.78 is 45.9. The first kappa shape index (κ1) is 20.1. The Hall–Kier alpha value is -2.62. The van der Waals surface area contributed by atoms with Crippen molar-refractivity contribution in [3.05, 3.63) is 68.2 Å². The number of rotatable bonds is 3. The number of non-ortho nitro benzene ring substituents is 1. The average molecular weight is 459 g/mol. The van der Waals surface area contributed by atoms with Gasteiger partial charge >= 0.3 is 12.3 Å². The molecular formula is C18H14BrF3N2O4. The summed E-state index contributed by atoms with van der Waals surface area (Å²) in [6.07, 6.45) is -6.31. The van der Waals surface area contributed by atoms with Gasteiger partial charge in [-0.15, -0.1) is 0 Å². The van der Waals surface area contributed by atoms with Gasteiger partial charge in [0.1, 0.15) is 12.6 Å². The predicted octanol–water partition coefficient (Wildman–Crippen LogP) is 5.38. The van der Waals surface area contributed by atoms with Gasteiger partial charge in [0.15, 0.2) is 0 Å². The molecule has 0 N–H and O–H groups in total. The Morgan fingerprint density at radius 2 is 1.96 bits per heavy atom. The van der Waals surface area contributed by atoms with E-state index in [9.17, 15) is 28.1 Å². The van der Waals surface area contributed by atoms with Crippen LogP contribution in [0.1, 0.15) is 17.5 Å². The lowest BCUT2D eigenvalue weighted by molar-refractivity contribution is -0.385. The molecule has 6 nitrogen and oxygen atoms in total. The molecule has 10 heteroatoms. The maximum Gasteiger partial charge on any atom is 0.415 e. The third-order valence-corrected chi connectivity index (χ3v) is 4.96. The van der Waals surface area contributed by atoms with Gasteiger partial charge in [0, 0.05) is 16.6 Å². The number of nitro groups is 1. The number of amides is 1. The van der Waals surface area contributed by atoms with Crippen LogP contribution in [0.4, 0.5) is 29.3 Å². The van der Waals surface area contributed by atoms with Crippen LogP contribution in [-0.4, -0.2) is 23.2 Å². The second kappa shape index (κ2) is 7.78. The second-order valence-electron chi connectivity index (χ2n) is 6.20. The van der Waals surface area contributed by atoms with E-state index in [1.54, 1.807) is 30.3 Å². The quantitative estimate of drug-likeness (QED) is 0.457. The van der Waals surface area contributed by atoms with Crippen molar-refractivity contribution in [1.29, 1.82) is 0 Å². The lowest BCUT2D eigenvalue weighted by Crippen LogP contribution is -2.52. The standard InChI is InChI=1S/C18H14BrF3N2O4/c19-14-9-13(24(26)27)8-12-6-7-15(18(20,21)22)23(16(12)14)17(25)28-10-11-4-2-1-3-5-11/h1-5,8-9,15H,6-7,10H2. The molecule has 0 saturated carbocycles. The molecule has 2 aromatic carbocycles. The fourth-order valence-electron chi connectivity index (χ4n) is 3.10. The van der Waals surface area contributed by atoms with E-state index in [0.717, 1.165) is 6.07 Å². The van der Waals surface area contributed by atoms with E-state index in [-0.39, 0.29) is 34.4 Å². The molecule has 1 amide bonds. The molecule has 1 aliphatic heterocycles. The van der Waals surface area contributed by atoms with Gasteiger partial charge in [0.2, 0.25) is 0 Å². The average Bonchev–Trinajstić information content (AvgIpc) is 2.65. The first-order chi connectivity index (χ1) is 13.2. The van der Waals surface area contributed by atoms with Gasteiger partial charge in [-0.1, -0.05) is 30.3 Å². The minimum atomic E-state index is -4.68. The summed E-state index contributed by atoms with van der Waals surface area (Å²) >= 11 is 3.08. The zero-order valence-electron chi connectivity index (χ0n) is 14.3. The van der Waals surface area contributed by atoms with E-state index in [1.807, 2.05) is 0 Å². The number of nitrogens with zero attached hydrogens (tertiary/aromatic N) is 2. The largest absolute Gasteiger partial charge is 0.444 e. The topological polar surface area (TPSA) is 72.7 Å². The number of carbonyl (C=O) groups is 1. The van der Waals surface area contributed by atoms with Gasteiger partial charge in [-0.25, -0.2) is 4.79 Å². The maximum absolute atomic E-state index is 13.6. The molecule has 0 fully saturated rings. The Morgan fingerprint density at radius 1 is 1.29 bits per heavy atom. The Balaban J connectivity index is 1.97. The Morgan fingerprint density at radius 3 is 2.57 bits per heavy atom. The van der Waals surface area contributed by atoms with Crippen molar-refractivity contribution in [2.24, 2.45) is 0 Å². The van der Waals surface area contributed by atoms with Crippen molar-refractivity contribution in [1.82, 2.24) is 0 Å². The zero-order valence-corrected chi connectivity index (χ0v) is 15.9. The van der Waals surface area contributed by atoms with Crippen LogP contribution in [0.25, 0.3) is 0 Å². The van der Waals surface area contributed by atoms with E-state index in [0.29, 0.717) is 10.5 Å². The predicted molar refractivity (Wildman–Crippen MR) is 98.1 cm³/mol. The molecule has 1 heterocycles. The lowest BCUT2D eigenvalue weighted by atomic mass is 9.95. The van der Waals surface area contributed by atoms with Gasteiger partial charge in [0.25, 0.3) is 5.69 Å². The van der Waals surface area contributed by atoms with Crippen LogP contribution in [0, 0.1) is 10.1 Å². The number of fused-ring (bicyclic) bond motifs is 1. The second-order valence-corrected chi connectivity index (χ2v) is 7.05. The third-order valence-electron chi connectivity index (χ3n) is 4.36. The van der Waals surface area contributed by atoms with Crippen LogP contribution >= 0.6 is 15.9 Å². The number of benzene rings is 2. The number of alkyl halides is 3. The first-order valence-electron chi connectivity index (χ1n) is 8.22. The number of nitro benzene ring substituents is 1. The minimum absolute atomic E-state index is 0.0299. The highest BCUT2D eigenvalue weighted by Gasteiger charge is 2.49. The Bertz CT molecular complexity index is 906. The SMILES string of the molecule is O=C(OCc1ccccc1)N1c2c(Br)cc([N+](=O)[O-])cc2CCC1C(F)(F)F. The summed E-state index contributed by atoms with van der Waals surface area (Å²) in [6, 6.07) is 8.73. The van der Waals surface area contributed by atoms with E-state index in [2.05, 4.69) is 15.9 Å². The monoisotopic (exact) mass is 458 g/mol. The molecule has 0 spiro atoms. The van der Waals surface area contributed by atoms with Gasteiger partial charge < -0.3 is 4.74 Å². The molecule has 1 atom stereocenters. The smallest absolute Gasteiger partial charge is 0.415 e. The van der Waals surface area contributed by atoms with Crippen molar-refractivity contribution >= 4 is 33.4 Å². The molecule has 3 rings (SSSR count). The van der Waals surface area contributed by atoms with E-state index in [4.69, 9.17) is 4.74 Å². The van der Waals surface area contributed by atoms with Crippen LogP contribution in [0.15, 0.2) is 46.9 Å². The van der Waals surface area contributed by atoms with Crippen LogP contribution in [0.3, 0.4) is 0 Å². The maximum atomic E-state index is 13.6. The number of halogens is 4. The molecule has 0 bridgehead atoms. The van der Waals surface area contributed by atoms with E-state index >= 15 is 0 Å². The highest BCUT2D eigenvalue weighted by atomic mass is 79.9. The summed E-state index contributed by atoms with van der Waals surface area (Å²) in [5.41, 5.74) is 0.573. The Kier molecular flexibility index (Phi) is 5.59.